The Kier molecular flexibility index (Phi) is 5.99. The van der Waals surface area contributed by atoms with Gasteiger partial charge in [-0.05, 0) is 64.2 Å². The average molecular weight is 519 g/mol. The lowest BCUT2D eigenvalue weighted by molar-refractivity contribution is 0.185. The Hall–Kier alpha value is -3.40. The summed E-state index contributed by atoms with van der Waals surface area (Å²) >= 11 is 3.42. The first-order chi connectivity index (χ1) is 16.5. The van der Waals surface area contributed by atoms with Crippen molar-refractivity contribution in [3.05, 3.63) is 62.0 Å². The lowest BCUT2D eigenvalue weighted by atomic mass is 10.0. The van der Waals surface area contributed by atoms with Gasteiger partial charge in [0.05, 0.1) is 24.4 Å². The van der Waals surface area contributed by atoms with Crippen LogP contribution in [0.15, 0.2) is 39.7 Å². The molecule has 1 aliphatic heterocycles. The minimum atomic E-state index is -0.449. The third kappa shape index (κ3) is 3.71. The van der Waals surface area contributed by atoms with E-state index in [9.17, 15) is 15.3 Å². The first kappa shape index (κ1) is 22.4. The van der Waals surface area contributed by atoms with Gasteiger partial charge >= 0.3 is 0 Å². The number of fused-ring (bicyclic) bond motifs is 2. The number of piperazine rings is 1. The van der Waals surface area contributed by atoms with Crippen LogP contribution < -0.4 is 15.2 Å². The van der Waals surface area contributed by atoms with Crippen LogP contribution in [0.2, 0.25) is 0 Å². The van der Waals surface area contributed by atoms with Gasteiger partial charge in [-0.3, -0.25) is 14.3 Å². The van der Waals surface area contributed by atoms with Crippen LogP contribution in [-0.2, 0) is 13.0 Å². The number of aromatic nitrogens is 2. The van der Waals surface area contributed by atoms with Crippen molar-refractivity contribution in [2.45, 2.75) is 25.4 Å². The third-order valence-electron chi connectivity index (χ3n) is 6.86. The fourth-order valence-corrected chi connectivity index (χ4v) is 5.55. The Bertz CT molecular complexity index is 1410. The number of benzene rings is 1. The van der Waals surface area contributed by atoms with Crippen LogP contribution in [0.4, 0.5) is 5.69 Å². The molecule has 8 nitrogen and oxygen atoms in total. The van der Waals surface area contributed by atoms with Gasteiger partial charge in [0.2, 0.25) is 0 Å². The quantitative estimate of drug-likeness (QED) is 0.488. The number of nitriles is 2. The van der Waals surface area contributed by atoms with Crippen LogP contribution in [0.1, 0.15) is 29.2 Å². The number of ether oxygens (including phenoxy) is 1. The van der Waals surface area contributed by atoms with Crippen molar-refractivity contribution in [2.75, 3.05) is 38.2 Å². The van der Waals surface area contributed by atoms with E-state index in [1.165, 1.54) is 15.7 Å². The summed E-state index contributed by atoms with van der Waals surface area (Å²) in [6.45, 7) is 2.84. The first-order valence-electron chi connectivity index (χ1n) is 11.2. The van der Waals surface area contributed by atoms with Crippen LogP contribution >= 0.6 is 15.9 Å². The molecular formula is C25H23BrN6O2. The highest BCUT2D eigenvalue weighted by molar-refractivity contribution is 9.10. The van der Waals surface area contributed by atoms with E-state index in [4.69, 9.17) is 4.74 Å². The number of rotatable bonds is 4. The van der Waals surface area contributed by atoms with E-state index in [-0.39, 0.29) is 12.1 Å². The Morgan fingerprint density at radius 3 is 2.68 bits per heavy atom. The Labute approximate surface area is 205 Å². The van der Waals surface area contributed by atoms with Gasteiger partial charge in [0.15, 0.2) is 0 Å². The molecule has 2 aliphatic rings. The summed E-state index contributed by atoms with van der Waals surface area (Å²) in [5.74, 6) is 0.879. The molecule has 34 heavy (non-hydrogen) atoms. The summed E-state index contributed by atoms with van der Waals surface area (Å²) < 4.78 is 7.39. The SMILES string of the molecule is COc1ccc2c(c1)C(N1CCN(c3c(C#N)c(=O)n(CC#N)c4ccc(Br)nc34)CC1)CC2. The van der Waals surface area contributed by atoms with Gasteiger partial charge in [0.25, 0.3) is 5.56 Å². The molecule has 1 unspecified atom stereocenters. The van der Waals surface area contributed by atoms with Crippen molar-refractivity contribution in [1.82, 2.24) is 14.5 Å². The van der Waals surface area contributed by atoms with Crippen molar-refractivity contribution in [2.24, 2.45) is 0 Å². The Balaban J connectivity index is 1.48. The van der Waals surface area contributed by atoms with Gasteiger partial charge in [-0.1, -0.05) is 6.07 Å². The summed E-state index contributed by atoms with van der Waals surface area (Å²) in [6.07, 6.45) is 2.13. The lowest BCUT2D eigenvalue weighted by Gasteiger charge is -2.39. The van der Waals surface area contributed by atoms with Gasteiger partial charge in [-0.15, -0.1) is 0 Å². The van der Waals surface area contributed by atoms with Gasteiger partial charge in [0, 0.05) is 32.2 Å². The summed E-state index contributed by atoms with van der Waals surface area (Å²) in [5.41, 5.74) is 3.98. The van der Waals surface area contributed by atoms with Crippen LogP contribution in [0.5, 0.6) is 5.75 Å². The first-order valence-corrected chi connectivity index (χ1v) is 12.0. The lowest BCUT2D eigenvalue weighted by Crippen LogP contribution is -2.48. The number of hydrogen-bond acceptors (Lipinski definition) is 7. The fourth-order valence-electron chi connectivity index (χ4n) is 5.24. The van der Waals surface area contributed by atoms with Crippen LogP contribution in [0.25, 0.3) is 11.0 Å². The van der Waals surface area contributed by atoms with E-state index < -0.39 is 5.56 Å². The smallest absolute Gasteiger partial charge is 0.272 e. The van der Waals surface area contributed by atoms with E-state index in [1.54, 1.807) is 19.2 Å². The summed E-state index contributed by atoms with van der Waals surface area (Å²) in [7, 11) is 1.69. The maximum Gasteiger partial charge on any atom is 0.272 e. The largest absolute Gasteiger partial charge is 0.497 e. The molecule has 1 aliphatic carbocycles. The second-order valence-electron chi connectivity index (χ2n) is 8.53. The van der Waals surface area contributed by atoms with Crippen molar-refractivity contribution >= 4 is 32.7 Å². The third-order valence-corrected chi connectivity index (χ3v) is 7.30. The molecule has 1 atom stereocenters. The maximum atomic E-state index is 13.1. The molecule has 3 heterocycles. The number of nitrogens with zero attached hydrogens (tertiary/aromatic N) is 6. The molecule has 0 radical (unpaired) electrons. The number of hydrogen-bond donors (Lipinski definition) is 0. The highest BCUT2D eigenvalue weighted by Crippen LogP contribution is 2.39. The molecule has 1 fully saturated rings. The topological polar surface area (TPSA) is 98.2 Å². The standard InChI is InChI=1S/C25H23BrN6O2/c1-34-17-4-2-16-3-5-20(18(16)14-17)30-10-12-31(13-11-30)24-19(15-28)25(33)32(9-8-27)21-6-7-22(26)29-23(21)24/h2,4,6-7,14,20H,3,5,9-13H2,1H3. The molecular weight excluding hydrogens is 496 g/mol. The Morgan fingerprint density at radius 2 is 1.97 bits per heavy atom. The van der Waals surface area contributed by atoms with E-state index in [0.717, 1.165) is 31.7 Å². The van der Waals surface area contributed by atoms with E-state index in [2.05, 4.69) is 48.9 Å². The zero-order valence-electron chi connectivity index (χ0n) is 18.8. The fraction of sp³-hybridized carbons (Fsp3) is 0.360. The molecule has 0 N–H and O–H groups in total. The van der Waals surface area contributed by atoms with Crippen LogP contribution in [0, 0.1) is 22.7 Å². The van der Waals surface area contributed by atoms with Crippen LogP contribution in [-0.4, -0.2) is 47.7 Å². The molecule has 0 bridgehead atoms. The molecule has 1 saturated heterocycles. The Morgan fingerprint density at radius 1 is 1.18 bits per heavy atom. The van der Waals surface area contributed by atoms with Gasteiger partial charge in [-0.25, -0.2) is 4.98 Å². The van der Waals surface area contributed by atoms with Crippen molar-refractivity contribution in [1.29, 1.82) is 10.5 Å². The maximum absolute atomic E-state index is 13.1. The molecule has 9 heteroatoms. The van der Waals surface area contributed by atoms with Crippen molar-refractivity contribution in [3.8, 4) is 17.9 Å². The summed E-state index contributed by atoms with van der Waals surface area (Å²) in [6, 6.07) is 14.3. The van der Waals surface area contributed by atoms with E-state index in [0.29, 0.717) is 40.5 Å². The second-order valence-corrected chi connectivity index (χ2v) is 9.34. The summed E-state index contributed by atoms with van der Waals surface area (Å²) in [5, 5.41) is 19.1. The van der Waals surface area contributed by atoms with Crippen LogP contribution in [0.3, 0.4) is 0 Å². The number of aryl methyl sites for hydroxylation is 1. The van der Waals surface area contributed by atoms with Gasteiger partial charge in [-0.2, -0.15) is 10.5 Å². The van der Waals surface area contributed by atoms with Crippen molar-refractivity contribution in [3.63, 3.8) is 0 Å². The second kappa shape index (κ2) is 9.09. The number of halogens is 1. The molecule has 3 aromatic rings. The highest BCUT2D eigenvalue weighted by atomic mass is 79.9. The molecule has 1 aromatic carbocycles. The van der Waals surface area contributed by atoms with Gasteiger partial charge < -0.3 is 9.64 Å². The average Bonchev–Trinajstić information content (AvgIpc) is 3.28. The number of methoxy groups -OCH3 is 1. The molecule has 0 saturated carbocycles. The van der Waals surface area contributed by atoms with E-state index >= 15 is 0 Å². The normalized spacial score (nSPS) is 17.9. The predicted octanol–water partition coefficient (Wildman–Crippen LogP) is 3.37. The molecule has 5 rings (SSSR count). The van der Waals surface area contributed by atoms with Crippen molar-refractivity contribution < 1.29 is 4.74 Å². The summed E-state index contributed by atoms with van der Waals surface area (Å²) in [4.78, 5) is 22.3. The number of anilines is 1. The van der Waals surface area contributed by atoms with E-state index in [1.807, 2.05) is 12.1 Å². The number of pyridine rings is 2. The highest BCUT2D eigenvalue weighted by Gasteiger charge is 2.32. The molecule has 0 spiro atoms. The zero-order valence-corrected chi connectivity index (χ0v) is 20.4. The molecule has 2 aromatic heterocycles. The van der Waals surface area contributed by atoms with Gasteiger partial charge in [0.1, 0.15) is 34.0 Å². The predicted molar refractivity (Wildman–Crippen MR) is 132 cm³/mol. The monoisotopic (exact) mass is 518 g/mol. The molecule has 0 amide bonds. The zero-order chi connectivity index (χ0) is 23.8. The minimum absolute atomic E-state index is 0.0396. The molecule has 172 valence electrons. The minimum Gasteiger partial charge on any atom is -0.497 e.